The largest absolute Gasteiger partial charge is 0.299 e. The van der Waals surface area contributed by atoms with Gasteiger partial charge in [-0.25, -0.2) is 0 Å². The highest BCUT2D eigenvalue weighted by atomic mass is 16.1. The van der Waals surface area contributed by atoms with E-state index in [-0.39, 0.29) is 5.92 Å². The smallest absolute Gasteiger partial charge is 0.140 e. The Hall–Kier alpha value is -1.11. The minimum atomic E-state index is 0.0488. The Balaban J connectivity index is 2.85. The molecule has 0 amide bonds. The molecule has 0 radical (unpaired) electrons. The molecule has 0 N–H and O–H groups in total. The molecule has 0 bridgehead atoms. The lowest BCUT2D eigenvalue weighted by Gasteiger charge is -2.17. The summed E-state index contributed by atoms with van der Waals surface area (Å²) in [6.07, 6.45) is 8.92. The van der Waals surface area contributed by atoms with E-state index < -0.39 is 0 Å². The van der Waals surface area contributed by atoms with Crippen molar-refractivity contribution in [1.82, 2.24) is 0 Å². The molecule has 0 saturated heterocycles. The molecule has 1 nitrogen and oxygen atoms in total. The maximum Gasteiger partial charge on any atom is 0.140 e. The zero-order valence-corrected chi connectivity index (χ0v) is 10.6. The zero-order valence-electron chi connectivity index (χ0n) is 10.6. The number of Topliss-reactive ketones (excluding diaryl/α,β-unsaturated/α-hetero) is 1. The van der Waals surface area contributed by atoms with Crippen LogP contribution in [0.2, 0.25) is 0 Å². The van der Waals surface area contributed by atoms with Crippen LogP contribution in [0.5, 0.6) is 0 Å². The molecule has 0 aromatic rings. The van der Waals surface area contributed by atoms with Gasteiger partial charge in [0.05, 0.1) is 0 Å². The van der Waals surface area contributed by atoms with Crippen LogP contribution in [-0.2, 0) is 4.79 Å². The number of carbonyl (C=O) groups is 1. The molecule has 2 atom stereocenters. The average molecular weight is 218 g/mol. The Morgan fingerprint density at radius 1 is 1.50 bits per heavy atom. The fourth-order valence-corrected chi connectivity index (χ4v) is 1.88. The van der Waals surface area contributed by atoms with Crippen molar-refractivity contribution in [2.24, 2.45) is 11.8 Å². The van der Waals surface area contributed by atoms with Crippen LogP contribution in [0, 0.1) is 11.8 Å². The van der Waals surface area contributed by atoms with Gasteiger partial charge in [-0.2, -0.15) is 0 Å². The van der Waals surface area contributed by atoms with E-state index in [0.29, 0.717) is 18.1 Å². The highest BCUT2D eigenvalue weighted by Gasteiger charge is 2.17. The zero-order chi connectivity index (χ0) is 12.1. The molecule has 0 aromatic carbocycles. The van der Waals surface area contributed by atoms with E-state index in [2.05, 4.69) is 25.7 Å². The molecule has 1 rings (SSSR count). The maximum absolute atomic E-state index is 11.9. The van der Waals surface area contributed by atoms with Crippen molar-refractivity contribution in [3.05, 3.63) is 36.0 Å². The van der Waals surface area contributed by atoms with Gasteiger partial charge in [0.25, 0.3) is 0 Å². The Morgan fingerprint density at radius 3 is 2.81 bits per heavy atom. The van der Waals surface area contributed by atoms with Gasteiger partial charge in [0.2, 0.25) is 0 Å². The molecule has 0 aromatic heterocycles. The van der Waals surface area contributed by atoms with Gasteiger partial charge in [0.15, 0.2) is 0 Å². The quantitative estimate of drug-likeness (QED) is 0.606. The molecule has 0 heterocycles. The normalized spacial score (nSPS) is 32.7. The van der Waals surface area contributed by atoms with Gasteiger partial charge in [0.1, 0.15) is 5.78 Å². The number of allylic oxidation sites excluding steroid dienone is 5. The first-order chi connectivity index (χ1) is 7.50. The summed E-state index contributed by atoms with van der Waals surface area (Å²) in [5.41, 5.74) is 2.50. The van der Waals surface area contributed by atoms with Crippen molar-refractivity contribution >= 4 is 5.78 Å². The lowest BCUT2D eigenvalue weighted by molar-refractivity contribution is -0.121. The van der Waals surface area contributed by atoms with Gasteiger partial charge < -0.3 is 0 Å². The second kappa shape index (κ2) is 5.83. The first-order valence-corrected chi connectivity index (χ1v) is 6.01. The van der Waals surface area contributed by atoms with Crippen molar-refractivity contribution in [2.45, 2.75) is 40.0 Å². The molecule has 0 aliphatic heterocycles. The highest BCUT2D eigenvalue weighted by molar-refractivity contribution is 5.82. The van der Waals surface area contributed by atoms with Gasteiger partial charge in [-0.1, -0.05) is 42.9 Å². The minimum Gasteiger partial charge on any atom is -0.299 e. The van der Waals surface area contributed by atoms with Gasteiger partial charge in [-0.15, -0.1) is 0 Å². The van der Waals surface area contributed by atoms with Crippen molar-refractivity contribution < 1.29 is 4.79 Å². The van der Waals surface area contributed by atoms with Gasteiger partial charge in [0, 0.05) is 12.3 Å². The number of hydrogen-bond donors (Lipinski definition) is 0. The van der Waals surface area contributed by atoms with E-state index >= 15 is 0 Å². The molecular weight excluding hydrogens is 196 g/mol. The van der Waals surface area contributed by atoms with E-state index in [0.717, 1.165) is 18.4 Å². The van der Waals surface area contributed by atoms with E-state index in [4.69, 9.17) is 0 Å². The highest BCUT2D eigenvalue weighted by Crippen LogP contribution is 2.23. The molecule has 16 heavy (non-hydrogen) atoms. The SMILES string of the molecule is C=C(C)[C@@H]1C/C=C(\C)C/C=C\[C@H](C)C(=O)C1. The molecule has 1 heteroatoms. The van der Waals surface area contributed by atoms with Crippen molar-refractivity contribution in [3.63, 3.8) is 0 Å². The molecular formula is C15H22O. The van der Waals surface area contributed by atoms with Crippen LogP contribution in [0.25, 0.3) is 0 Å². The van der Waals surface area contributed by atoms with Crippen LogP contribution in [0.1, 0.15) is 40.0 Å². The summed E-state index contributed by atoms with van der Waals surface area (Å²) in [5.74, 6) is 0.696. The Labute approximate surface area is 98.9 Å². The van der Waals surface area contributed by atoms with E-state index in [1.165, 1.54) is 5.57 Å². The summed E-state index contributed by atoms with van der Waals surface area (Å²) in [6.45, 7) is 10.1. The lowest BCUT2D eigenvalue weighted by atomic mass is 9.87. The molecule has 1 aliphatic rings. The summed E-state index contributed by atoms with van der Waals surface area (Å²) in [4.78, 5) is 11.9. The standard InChI is InChI=1S/C15H22O/c1-11(2)14-9-8-12(3)6-5-7-13(4)15(16)10-14/h5,7-8,13-14H,1,6,9-10H2,2-4H3/b7-5-,12-8+/t13-,14+/m0/s1. The van der Waals surface area contributed by atoms with Crippen LogP contribution in [0.3, 0.4) is 0 Å². The molecule has 1 aliphatic carbocycles. The number of hydrogen-bond acceptors (Lipinski definition) is 1. The third-order valence-electron chi connectivity index (χ3n) is 3.27. The molecule has 0 spiro atoms. The summed E-state index contributed by atoms with van der Waals surface area (Å²) in [7, 11) is 0. The topological polar surface area (TPSA) is 17.1 Å². The fourth-order valence-electron chi connectivity index (χ4n) is 1.88. The van der Waals surface area contributed by atoms with Gasteiger partial charge in [-0.3, -0.25) is 4.79 Å². The summed E-state index contributed by atoms with van der Waals surface area (Å²) in [6, 6.07) is 0. The summed E-state index contributed by atoms with van der Waals surface area (Å²) in [5, 5.41) is 0. The molecule has 0 unspecified atom stereocenters. The second-order valence-corrected chi connectivity index (χ2v) is 4.92. The van der Waals surface area contributed by atoms with Crippen LogP contribution in [0.4, 0.5) is 0 Å². The predicted molar refractivity (Wildman–Crippen MR) is 69.2 cm³/mol. The van der Waals surface area contributed by atoms with Gasteiger partial charge in [-0.05, 0) is 32.6 Å². The maximum atomic E-state index is 11.9. The fraction of sp³-hybridized carbons (Fsp3) is 0.533. The van der Waals surface area contributed by atoms with Crippen LogP contribution < -0.4 is 0 Å². The van der Waals surface area contributed by atoms with Gasteiger partial charge >= 0.3 is 0 Å². The van der Waals surface area contributed by atoms with Crippen molar-refractivity contribution in [2.75, 3.05) is 0 Å². The van der Waals surface area contributed by atoms with Crippen LogP contribution >= 0.6 is 0 Å². The molecule has 88 valence electrons. The average Bonchev–Trinajstić information content (AvgIpc) is 2.22. The number of rotatable bonds is 1. The second-order valence-electron chi connectivity index (χ2n) is 4.92. The first kappa shape index (κ1) is 13.0. The Bertz CT molecular complexity index is 333. The third kappa shape index (κ3) is 3.80. The third-order valence-corrected chi connectivity index (χ3v) is 3.27. The van der Waals surface area contributed by atoms with E-state index in [9.17, 15) is 4.79 Å². The van der Waals surface area contributed by atoms with Crippen LogP contribution in [-0.4, -0.2) is 5.78 Å². The van der Waals surface area contributed by atoms with Crippen molar-refractivity contribution in [3.8, 4) is 0 Å². The Morgan fingerprint density at radius 2 is 2.19 bits per heavy atom. The Kier molecular flexibility index (Phi) is 4.72. The summed E-state index contributed by atoms with van der Waals surface area (Å²) < 4.78 is 0. The molecule has 0 fully saturated rings. The minimum absolute atomic E-state index is 0.0488. The first-order valence-electron chi connectivity index (χ1n) is 6.01. The molecule has 0 saturated carbocycles. The lowest BCUT2D eigenvalue weighted by Crippen LogP contribution is -2.15. The monoisotopic (exact) mass is 218 g/mol. The number of ketones is 1. The van der Waals surface area contributed by atoms with E-state index in [1.54, 1.807) is 0 Å². The van der Waals surface area contributed by atoms with Crippen molar-refractivity contribution in [1.29, 1.82) is 0 Å². The van der Waals surface area contributed by atoms with E-state index in [1.807, 2.05) is 19.9 Å². The predicted octanol–water partition coefficient (Wildman–Crippen LogP) is 4.07. The summed E-state index contributed by atoms with van der Waals surface area (Å²) >= 11 is 0. The van der Waals surface area contributed by atoms with Crippen LogP contribution in [0.15, 0.2) is 36.0 Å². The number of carbonyl (C=O) groups excluding carboxylic acids is 1.